The summed E-state index contributed by atoms with van der Waals surface area (Å²) in [5.74, 6) is 1.69. The monoisotopic (exact) mass is 262 g/mol. The SMILES string of the molecule is COc1ccc(C)cc1NC(C)C1CCN(C)CC1. The van der Waals surface area contributed by atoms with Crippen molar-refractivity contribution in [2.75, 3.05) is 32.6 Å². The average Bonchev–Trinajstić information content (AvgIpc) is 2.39. The van der Waals surface area contributed by atoms with Crippen molar-refractivity contribution >= 4 is 5.69 Å². The highest BCUT2D eigenvalue weighted by Gasteiger charge is 2.22. The Morgan fingerprint density at radius 1 is 1.32 bits per heavy atom. The standard InChI is InChI=1S/C16H26N2O/c1-12-5-6-16(19-4)15(11-12)17-13(2)14-7-9-18(3)10-8-14/h5-6,11,13-14,17H,7-10H2,1-4H3. The van der Waals surface area contributed by atoms with Gasteiger partial charge in [-0.15, -0.1) is 0 Å². The molecule has 1 unspecified atom stereocenters. The zero-order valence-corrected chi connectivity index (χ0v) is 12.6. The second-order valence-electron chi connectivity index (χ2n) is 5.78. The molecule has 106 valence electrons. The Bertz CT molecular complexity index is 411. The minimum absolute atomic E-state index is 0.490. The maximum Gasteiger partial charge on any atom is 0.141 e. The number of nitrogens with one attached hydrogen (secondary N) is 1. The minimum atomic E-state index is 0.490. The van der Waals surface area contributed by atoms with Gasteiger partial charge in [0.1, 0.15) is 5.75 Å². The van der Waals surface area contributed by atoms with Crippen molar-refractivity contribution < 1.29 is 4.74 Å². The number of rotatable bonds is 4. The number of aryl methyl sites for hydroxylation is 1. The number of hydrogen-bond donors (Lipinski definition) is 1. The highest BCUT2D eigenvalue weighted by Crippen LogP contribution is 2.29. The van der Waals surface area contributed by atoms with Crippen LogP contribution in [0, 0.1) is 12.8 Å². The Kier molecular flexibility index (Phi) is 4.70. The third-order valence-electron chi connectivity index (χ3n) is 4.21. The molecule has 1 aliphatic heterocycles. The Morgan fingerprint density at radius 3 is 2.63 bits per heavy atom. The fourth-order valence-electron chi connectivity index (χ4n) is 2.83. The lowest BCUT2D eigenvalue weighted by molar-refractivity contribution is 0.208. The van der Waals surface area contributed by atoms with E-state index < -0.39 is 0 Å². The number of nitrogens with zero attached hydrogens (tertiary/aromatic N) is 1. The summed E-state index contributed by atoms with van der Waals surface area (Å²) in [6, 6.07) is 6.79. The first-order valence-electron chi connectivity index (χ1n) is 7.20. The average molecular weight is 262 g/mol. The molecule has 0 spiro atoms. The van der Waals surface area contributed by atoms with E-state index in [0.717, 1.165) is 17.4 Å². The van der Waals surface area contributed by atoms with Crippen LogP contribution in [0.2, 0.25) is 0 Å². The Hall–Kier alpha value is -1.22. The van der Waals surface area contributed by atoms with Crippen LogP contribution in [0.25, 0.3) is 0 Å². The number of anilines is 1. The van der Waals surface area contributed by atoms with Gasteiger partial charge in [-0.1, -0.05) is 6.07 Å². The zero-order chi connectivity index (χ0) is 13.8. The van der Waals surface area contributed by atoms with Gasteiger partial charge in [0.2, 0.25) is 0 Å². The molecule has 0 saturated carbocycles. The highest BCUT2D eigenvalue weighted by molar-refractivity contribution is 5.58. The fraction of sp³-hybridized carbons (Fsp3) is 0.625. The normalized spacial score (nSPS) is 19.2. The number of likely N-dealkylation sites (tertiary alicyclic amines) is 1. The molecule has 1 aromatic rings. The van der Waals surface area contributed by atoms with Crippen molar-refractivity contribution in [1.29, 1.82) is 0 Å². The Balaban J connectivity index is 2.02. The van der Waals surface area contributed by atoms with Crippen molar-refractivity contribution in [3.05, 3.63) is 23.8 Å². The fourth-order valence-corrected chi connectivity index (χ4v) is 2.83. The molecule has 0 amide bonds. The van der Waals surface area contributed by atoms with E-state index in [1.165, 1.54) is 31.5 Å². The van der Waals surface area contributed by atoms with E-state index >= 15 is 0 Å². The summed E-state index contributed by atoms with van der Waals surface area (Å²) in [5, 5.41) is 3.64. The first kappa shape index (κ1) is 14.2. The van der Waals surface area contributed by atoms with Crippen molar-refractivity contribution in [2.45, 2.75) is 32.7 Å². The summed E-state index contributed by atoms with van der Waals surface area (Å²) >= 11 is 0. The largest absolute Gasteiger partial charge is 0.495 e. The van der Waals surface area contributed by atoms with Gasteiger partial charge < -0.3 is 15.0 Å². The second kappa shape index (κ2) is 6.29. The minimum Gasteiger partial charge on any atom is -0.495 e. The number of ether oxygens (including phenoxy) is 1. The molecule has 0 radical (unpaired) electrons. The summed E-state index contributed by atoms with van der Waals surface area (Å²) in [6.07, 6.45) is 2.55. The van der Waals surface area contributed by atoms with Crippen molar-refractivity contribution in [3.8, 4) is 5.75 Å². The molecule has 0 aliphatic carbocycles. The van der Waals surface area contributed by atoms with Crippen LogP contribution in [0.5, 0.6) is 5.75 Å². The molecule has 1 fully saturated rings. The molecule has 1 atom stereocenters. The summed E-state index contributed by atoms with van der Waals surface area (Å²) in [5.41, 5.74) is 2.38. The van der Waals surface area contributed by atoms with Crippen molar-refractivity contribution in [3.63, 3.8) is 0 Å². The van der Waals surface area contributed by atoms with E-state index in [1.807, 2.05) is 6.07 Å². The van der Waals surface area contributed by atoms with Crippen LogP contribution in [0.1, 0.15) is 25.3 Å². The van der Waals surface area contributed by atoms with E-state index in [0.29, 0.717) is 6.04 Å². The van der Waals surface area contributed by atoms with Gasteiger partial charge in [-0.2, -0.15) is 0 Å². The summed E-state index contributed by atoms with van der Waals surface area (Å²) in [6.45, 7) is 6.83. The van der Waals surface area contributed by atoms with Gasteiger partial charge in [-0.25, -0.2) is 0 Å². The molecule has 1 heterocycles. The lowest BCUT2D eigenvalue weighted by Gasteiger charge is -2.33. The zero-order valence-electron chi connectivity index (χ0n) is 12.6. The lowest BCUT2D eigenvalue weighted by atomic mass is 9.90. The first-order valence-corrected chi connectivity index (χ1v) is 7.20. The van der Waals surface area contributed by atoms with Crippen LogP contribution in [0.4, 0.5) is 5.69 Å². The van der Waals surface area contributed by atoms with E-state index in [2.05, 4.69) is 43.2 Å². The smallest absolute Gasteiger partial charge is 0.141 e. The maximum absolute atomic E-state index is 5.43. The quantitative estimate of drug-likeness (QED) is 0.902. The van der Waals surface area contributed by atoms with Crippen molar-refractivity contribution in [2.24, 2.45) is 5.92 Å². The second-order valence-corrected chi connectivity index (χ2v) is 5.78. The van der Waals surface area contributed by atoms with Gasteiger partial charge in [-0.05, 0) is 70.4 Å². The molecule has 1 saturated heterocycles. The molecule has 1 N–H and O–H groups in total. The molecule has 0 bridgehead atoms. The molecule has 1 aromatic carbocycles. The van der Waals surface area contributed by atoms with Gasteiger partial charge >= 0.3 is 0 Å². The molecule has 19 heavy (non-hydrogen) atoms. The predicted octanol–water partition coefficient (Wildman–Crippen LogP) is 3.15. The number of hydrogen-bond acceptors (Lipinski definition) is 3. The number of methoxy groups -OCH3 is 1. The van der Waals surface area contributed by atoms with Gasteiger partial charge in [0.15, 0.2) is 0 Å². The van der Waals surface area contributed by atoms with Crippen molar-refractivity contribution in [1.82, 2.24) is 4.90 Å². The maximum atomic E-state index is 5.43. The third-order valence-corrected chi connectivity index (χ3v) is 4.21. The van der Waals surface area contributed by atoms with Gasteiger partial charge in [-0.3, -0.25) is 0 Å². The molecule has 1 aliphatic rings. The van der Waals surface area contributed by atoms with Gasteiger partial charge in [0.05, 0.1) is 12.8 Å². The summed E-state index contributed by atoms with van der Waals surface area (Å²) in [7, 11) is 3.94. The van der Waals surface area contributed by atoms with E-state index in [-0.39, 0.29) is 0 Å². The van der Waals surface area contributed by atoms with Gasteiger partial charge in [0.25, 0.3) is 0 Å². The molecule has 3 heteroatoms. The van der Waals surface area contributed by atoms with E-state index in [1.54, 1.807) is 7.11 Å². The molecular weight excluding hydrogens is 236 g/mol. The predicted molar refractivity (Wildman–Crippen MR) is 81.0 cm³/mol. The Morgan fingerprint density at radius 2 is 2.00 bits per heavy atom. The summed E-state index contributed by atoms with van der Waals surface area (Å²) in [4.78, 5) is 2.41. The number of piperidine rings is 1. The van der Waals surface area contributed by atoms with E-state index in [4.69, 9.17) is 4.74 Å². The lowest BCUT2D eigenvalue weighted by Crippen LogP contribution is -2.37. The van der Waals surface area contributed by atoms with Crippen LogP contribution in [-0.2, 0) is 0 Å². The van der Waals surface area contributed by atoms with Crippen LogP contribution in [-0.4, -0.2) is 38.2 Å². The van der Waals surface area contributed by atoms with E-state index in [9.17, 15) is 0 Å². The van der Waals surface area contributed by atoms with Crippen LogP contribution < -0.4 is 10.1 Å². The first-order chi connectivity index (χ1) is 9.10. The molecule has 0 aromatic heterocycles. The summed E-state index contributed by atoms with van der Waals surface area (Å²) < 4.78 is 5.43. The third kappa shape index (κ3) is 3.63. The highest BCUT2D eigenvalue weighted by atomic mass is 16.5. The Labute approximate surface area is 116 Å². The van der Waals surface area contributed by atoms with Crippen LogP contribution in [0.15, 0.2) is 18.2 Å². The molecule has 2 rings (SSSR count). The molecular formula is C16H26N2O. The van der Waals surface area contributed by atoms with Crippen LogP contribution in [0.3, 0.4) is 0 Å². The van der Waals surface area contributed by atoms with Crippen LogP contribution >= 0.6 is 0 Å². The molecule has 3 nitrogen and oxygen atoms in total. The number of benzene rings is 1. The topological polar surface area (TPSA) is 24.5 Å². The van der Waals surface area contributed by atoms with Gasteiger partial charge in [0, 0.05) is 6.04 Å².